The number of fused-ring (bicyclic) bond motifs is 1. The maximum atomic E-state index is 12.7. The lowest BCUT2D eigenvalue weighted by Crippen LogP contribution is -2.27. The minimum Gasteiger partial charge on any atom is -0.310 e. The Kier molecular flexibility index (Phi) is 4.31. The minimum atomic E-state index is -3.81. The van der Waals surface area contributed by atoms with Gasteiger partial charge in [0.15, 0.2) is 0 Å². The third-order valence-corrected chi connectivity index (χ3v) is 5.10. The Bertz CT molecular complexity index is 1040. The van der Waals surface area contributed by atoms with E-state index in [0.717, 1.165) is 17.5 Å². The highest BCUT2D eigenvalue weighted by atomic mass is 32.2. The van der Waals surface area contributed by atoms with Crippen LogP contribution in [0.4, 0.5) is 0 Å². The fraction of sp³-hybridized carbons (Fsp3) is 0.375. The van der Waals surface area contributed by atoms with Crippen LogP contribution in [0.15, 0.2) is 46.0 Å². The molecule has 0 amide bonds. The van der Waals surface area contributed by atoms with E-state index in [1.54, 1.807) is 7.05 Å². The van der Waals surface area contributed by atoms with Gasteiger partial charge in [0.1, 0.15) is 4.90 Å². The number of aryl methyl sites for hydroxylation is 3. The monoisotopic (exact) mass is 347 g/mol. The molecule has 8 heteroatoms. The van der Waals surface area contributed by atoms with E-state index in [9.17, 15) is 8.42 Å². The van der Waals surface area contributed by atoms with Gasteiger partial charge >= 0.3 is 0 Å². The standard InChI is InChI=1S/C16H21N5O2S/c1-4-10-21-15-9-7-6-8-14(15)20(5-2)16(21)18-24(22,23)13-11-17-19(3)12-13/h6-9,11-12H,4-5,10H2,1-3H3. The fourth-order valence-corrected chi connectivity index (χ4v) is 3.81. The van der Waals surface area contributed by atoms with Crippen LogP contribution in [0.5, 0.6) is 0 Å². The number of benzene rings is 1. The van der Waals surface area contributed by atoms with Crippen LogP contribution in [0.2, 0.25) is 0 Å². The van der Waals surface area contributed by atoms with Gasteiger partial charge in [-0.3, -0.25) is 4.68 Å². The summed E-state index contributed by atoms with van der Waals surface area (Å²) in [6, 6.07) is 7.88. The van der Waals surface area contributed by atoms with E-state index in [2.05, 4.69) is 16.4 Å². The molecule has 7 nitrogen and oxygen atoms in total. The van der Waals surface area contributed by atoms with Crippen molar-refractivity contribution < 1.29 is 8.42 Å². The predicted octanol–water partition coefficient (Wildman–Crippen LogP) is 1.90. The molecule has 0 spiro atoms. The molecule has 0 N–H and O–H groups in total. The largest absolute Gasteiger partial charge is 0.310 e. The average Bonchev–Trinajstić information content (AvgIpc) is 3.11. The topological polar surface area (TPSA) is 74.2 Å². The molecule has 2 heterocycles. The van der Waals surface area contributed by atoms with E-state index in [4.69, 9.17) is 0 Å². The van der Waals surface area contributed by atoms with Gasteiger partial charge in [0.2, 0.25) is 5.62 Å². The van der Waals surface area contributed by atoms with Gasteiger partial charge in [0.25, 0.3) is 10.0 Å². The number of rotatable bonds is 5. The maximum absolute atomic E-state index is 12.7. The molecule has 0 fully saturated rings. The van der Waals surface area contributed by atoms with Gasteiger partial charge in [-0.1, -0.05) is 19.1 Å². The Balaban J connectivity index is 2.34. The summed E-state index contributed by atoms with van der Waals surface area (Å²) in [7, 11) is -2.13. The second kappa shape index (κ2) is 6.27. The van der Waals surface area contributed by atoms with E-state index >= 15 is 0 Å². The molecule has 1 aromatic carbocycles. The summed E-state index contributed by atoms with van der Waals surface area (Å²) >= 11 is 0. The van der Waals surface area contributed by atoms with Crippen LogP contribution >= 0.6 is 0 Å². The Morgan fingerprint density at radius 1 is 1.12 bits per heavy atom. The van der Waals surface area contributed by atoms with Gasteiger partial charge in [-0.25, -0.2) is 0 Å². The van der Waals surface area contributed by atoms with Crippen molar-refractivity contribution in [1.29, 1.82) is 0 Å². The average molecular weight is 347 g/mol. The van der Waals surface area contributed by atoms with Crippen molar-refractivity contribution in [3.63, 3.8) is 0 Å². The lowest BCUT2D eigenvalue weighted by atomic mass is 10.3. The number of sulfonamides is 1. The summed E-state index contributed by atoms with van der Waals surface area (Å²) in [6.07, 6.45) is 3.67. The summed E-state index contributed by atoms with van der Waals surface area (Å²) < 4.78 is 34.8. The molecule has 0 atom stereocenters. The molecule has 0 unspecified atom stereocenters. The second-order valence-electron chi connectivity index (χ2n) is 5.60. The highest BCUT2D eigenvalue weighted by Gasteiger charge is 2.18. The van der Waals surface area contributed by atoms with Gasteiger partial charge in [0, 0.05) is 26.3 Å². The van der Waals surface area contributed by atoms with Crippen LogP contribution in [0, 0.1) is 0 Å². The molecule has 2 aromatic heterocycles. The number of imidazole rings is 1. The second-order valence-corrected chi connectivity index (χ2v) is 7.20. The zero-order chi connectivity index (χ0) is 17.3. The maximum Gasteiger partial charge on any atom is 0.288 e. The fourth-order valence-electron chi connectivity index (χ4n) is 2.83. The third kappa shape index (κ3) is 2.77. The van der Waals surface area contributed by atoms with E-state index in [1.165, 1.54) is 17.1 Å². The Hall–Kier alpha value is -2.35. The van der Waals surface area contributed by atoms with Gasteiger partial charge in [-0.05, 0) is 25.5 Å². The van der Waals surface area contributed by atoms with Crippen molar-refractivity contribution in [2.45, 2.75) is 38.3 Å². The van der Waals surface area contributed by atoms with Crippen LogP contribution < -0.4 is 5.62 Å². The number of para-hydroxylation sites is 2. The molecular formula is C16H21N5O2S. The van der Waals surface area contributed by atoms with Crippen molar-refractivity contribution in [1.82, 2.24) is 18.9 Å². The van der Waals surface area contributed by atoms with Crippen LogP contribution in [0.3, 0.4) is 0 Å². The van der Waals surface area contributed by atoms with Gasteiger partial charge in [0.05, 0.1) is 17.2 Å². The van der Waals surface area contributed by atoms with Crippen molar-refractivity contribution in [3.8, 4) is 0 Å². The molecule has 24 heavy (non-hydrogen) atoms. The van der Waals surface area contributed by atoms with Crippen molar-refractivity contribution in [2.75, 3.05) is 0 Å². The number of hydrogen-bond donors (Lipinski definition) is 0. The third-order valence-electron chi connectivity index (χ3n) is 3.89. The molecule has 0 radical (unpaired) electrons. The SMILES string of the molecule is CCCn1c(=NS(=O)(=O)c2cnn(C)c2)n(CC)c2ccccc21. The van der Waals surface area contributed by atoms with Crippen molar-refractivity contribution in [3.05, 3.63) is 42.3 Å². The van der Waals surface area contributed by atoms with E-state index in [1.807, 2.05) is 40.3 Å². The quantitative estimate of drug-likeness (QED) is 0.707. The van der Waals surface area contributed by atoms with Crippen molar-refractivity contribution in [2.24, 2.45) is 11.4 Å². The first-order valence-electron chi connectivity index (χ1n) is 7.95. The van der Waals surface area contributed by atoms with E-state index in [0.29, 0.717) is 18.7 Å². The summed E-state index contributed by atoms with van der Waals surface area (Å²) in [5, 5.41) is 3.93. The molecule has 3 rings (SSSR count). The molecule has 3 aromatic rings. The highest BCUT2D eigenvalue weighted by molar-refractivity contribution is 7.90. The normalized spacial score (nSPS) is 13.0. The van der Waals surface area contributed by atoms with Gasteiger partial charge in [-0.15, -0.1) is 4.40 Å². The molecule has 128 valence electrons. The van der Waals surface area contributed by atoms with Crippen LogP contribution in [-0.4, -0.2) is 27.3 Å². The Morgan fingerprint density at radius 3 is 2.33 bits per heavy atom. The smallest absolute Gasteiger partial charge is 0.288 e. The summed E-state index contributed by atoms with van der Waals surface area (Å²) in [6.45, 7) is 5.39. The molecule has 0 aliphatic carbocycles. The number of aromatic nitrogens is 4. The Labute approximate surface area is 140 Å². The van der Waals surface area contributed by atoms with E-state index in [-0.39, 0.29) is 4.90 Å². The van der Waals surface area contributed by atoms with Gasteiger partial charge < -0.3 is 9.13 Å². The first kappa shape index (κ1) is 16.5. The van der Waals surface area contributed by atoms with Crippen LogP contribution in [0.1, 0.15) is 20.3 Å². The molecule has 0 aliphatic rings. The number of nitrogens with zero attached hydrogens (tertiary/aromatic N) is 5. The molecule has 0 saturated heterocycles. The zero-order valence-electron chi connectivity index (χ0n) is 14.0. The number of hydrogen-bond acceptors (Lipinski definition) is 3. The molecule has 0 aliphatic heterocycles. The first-order valence-corrected chi connectivity index (χ1v) is 9.39. The Morgan fingerprint density at radius 2 is 1.79 bits per heavy atom. The summed E-state index contributed by atoms with van der Waals surface area (Å²) in [4.78, 5) is 0.0981. The molecule has 0 saturated carbocycles. The lowest BCUT2D eigenvalue weighted by Gasteiger charge is -2.03. The highest BCUT2D eigenvalue weighted by Crippen LogP contribution is 2.15. The molecule has 0 bridgehead atoms. The van der Waals surface area contributed by atoms with Crippen LogP contribution in [0.25, 0.3) is 11.0 Å². The van der Waals surface area contributed by atoms with Crippen LogP contribution in [-0.2, 0) is 30.2 Å². The first-order chi connectivity index (χ1) is 11.5. The van der Waals surface area contributed by atoms with Crippen molar-refractivity contribution >= 4 is 21.1 Å². The summed E-state index contributed by atoms with van der Waals surface area (Å²) in [5.74, 6) is 0. The lowest BCUT2D eigenvalue weighted by molar-refractivity contribution is 0.584. The zero-order valence-corrected chi connectivity index (χ0v) is 14.9. The minimum absolute atomic E-state index is 0.0981. The van der Waals surface area contributed by atoms with E-state index < -0.39 is 10.0 Å². The molecular weight excluding hydrogens is 326 g/mol. The predicted molar refractivity (Wildman–Crippen MR) is 91.8 cm³/mol. The summed E-state index contributed by atoms with van der Waals surface area (Å²) in [5.41, 5.74) is 2.42. The van der Waals surface area contributed by atoms with Gasteiger partial charge in [-0.2, -0.15) is 13.5 Å².